The molecule has 2 rings (SSSR count). The van der Waals surface area contributed by atoms with E-state index in [0.717, 1.165) is 0 Å². The van der Waals surface area contributed by atoms with Gasteiger partial charge in [-0.2, -0.15) is 0 Å². The molecule has 1 aromatic carbocycles. The van der Waals surface area contributed by atoms with E-state index in [0.29, 0.717) is 31.4 Å². The molecule has 22 heavy (non-hydrogen) atoms. The molecule has 1 aliphatic rings. The van der Waals surface area contributed by atoms with Crippen molar-refractivity contribution in [2.45, 2.75) is 50.3 Å². The summed E-state index contributed by atoms with van der Waals surface area (Å²) in [6, 6.07) is 5.55. The van der Waals surface area contributed by atoms with Gasteiger partial charge in [0.2, 0.25) is 0 Å². The minimum atomic E-state index is -4.77. The lowest BCUT2D eigenvalue weighted by Gasteiger charge is -2.45. The van der Waals surface area contributed by atoms with E-state index < -0.39 is 24.1 Å². The number of hydrogen-bond donors (Lipinski definition) is 3. The number of benzene rings is 1. The Kier molecular flexibility index (Phi) is 4.99. The summed E-state index contributed by atoms with van der Waals surface area (Å²) < 4.78 is 41.1. The lowest BCUT2D eigenvalue weighted by molar-refractivity contribution is -0.274. The van der Waals surface area contributed by atoms with Gasteiger partial charge < -0.3 is 20.3 Å². The van der Waals surface area contributed by atoms with E-state index in [-0.39, 0.29) is 5.75 Å². The molecule has 0 heterocycles. The number of alkyl halides is 3. The summed E-state index contributed by atoms with van der Waals surface area (Å²) in [6.45, 7) is 2.35. The number of likely N-dealkylation sites (N-methyl/N-ethyl adjacent to an activating group) is 1. The van der Waals surface area contributed by atoms with Crippen LogP contribution in [0.5, 0.6) is 5.75 Å². The molecule has 3 unspecified atom stereocenters. The zero-order chi connectivity index (χ0) is 16.4. The standard InChI is InChI=1S/C15H20F3NO3/c1-2-19-14(8-4-7-12(20)13(14)21)10-5-3-6-11(9-10)22-15(16,17)18/h3,5-6,9,12-13,19-21H,2,4,7-8H2,1H3. The van der Waals surface area contributed by atoms with Gasteiger partial charge in [0.15, 0.2) is 0 Å². The molecule has 7 heteroatoms. The van der Waals surface area contributed by atoms with Crippen LogP contribution in [-0.2, 0) is 5.54 Å². The lowest BCUT2D eigenvalue weighted by Crippen LogP contribution is -2.58. The Morgan fingerprint density at radius 1 is 1.36 bits per heavy atom. The second-order valence-corrected chi connectivity index (χ2v) is 5.48. The number of aliphatic hydroxyl groups is 2. The van der Waals surface area contributed by atoms with Gasteiger partial charge in [-0.3, -0.25) is 0 Å². The highest BCUT2D eigenvalue weighted by Crippen LogP contribution is 2.39. The van der Waals surface area contributed by atoms with Gasteiger partial charge in [0.05, 0.1) is 11.6 Å². The Morgan fingerprint density at radius 2 is 2.09 bits per heavy atom. The van der Waals surface area contributed by atoms with Crippen LogP contribution in [0.2, 0.25) is 0 Å². The van der Waals surface area contributed by atoms with Crippen LogP contribution in [0.25, 0.3) is 0 Å². The van der Waals surface area contributed by atoms with Crippen LogP contribution in [0.3, 0.4) is 0 Å². The summed E-state index contributed by atoms with van der Waals surface area (Å²) in [5, 5.41) is 23.5. The van der Waals surface area contributed by atoms with Crippen molar-refractivity contribution in [2.75, 3.05) is 6.54 Å². The molecule has 0 aromatic heterocycles. The number of hydrogen-bond acceptors (Lipinski definition) is 4. The molecule has 0 aliphatic heterocycles. The third-order valence-electron chi connectivity index (χ3n) is 4.02. The first-order valence-electron chi connectivity index (χ1n) is 7.26. The largest absolute Gasteiger partial charge is 0.573 e. The highest BCUT2D eigenvalue weighted by Gasteiger charge is 2.45. The normalized spacial score (nSPS) is 29.4. The van der Waals surface area contributed by atoms with E-state index >= 15 is 0 Å². The topological polar surface area (TPSA) is 61.7 Å². The third-order valence-corrected chi connectivity index (χ3v) is 4.02. The van der Waals surface area contributed by atoms with Crippen molar-refractivity contribution >= 4 is 0 Å². The maximum atomic E-state index is 12.4. The van der Waals surface area contributed by atoms with E-state index in [1.54, 1.807) is 6.07 Å². The number of rotatable bonds is 4. The fraction of sp³-hybridized carbons (Fsp3) is 0.600. The Hall–Kier alpha value is -1.31. The smallest absolute Gasteiger partial charge is 0.406 e. The summed E-state index contributed by atoms with van der Waals surface area (Å²) in [7, 11) is 0. The van der Waals surface area contributed by atoms with Crippen molar-refractivity contribution in [2.24, 2.45) is 0 Å². The number of nitrogens with one attached hydrogen (secondary N) is 1. The lowest BCUT2D eigenvalue weighted by atomic mass is 9.73. The van der Waals surface area contributed by atoms with Crippen molar-refractivity contribution < 1.29 is 28.1 Å². The first-order valence-corrected chi connectivity index (χ1v) is 7.26. The van der Waals surface area contributed by atoms with Crippen LogP contribution in [0, 0.1) is 0 Å². The predicted octanol–water partition coefficient (Wildman–Crippen LogP) is 2.30. The number of ether oxygens (including phenoxy) is 1. The van der Waals surface area contributed by atoms with Crippen molar-refractivity contribution in [3.8, 4) is 5.75 Å². The van der Waals surface area contributed by atoms with Gasteiger partial charge in [-0.1, -0.05) is 19.1 Å². The van der Waals surface area contributed by atoms with Crippen LogP contribution in [0.15, 0.2) is 24.3 Å². The molecule has 1 saturated carbocycles. The summed E-state index contributed by atoms with van der Waals surface area (Å²) in [5.74, 6) is -0.338. The highest BCUT2D eigenvalue weighted by molar-refractivity contribution is 5.35. The quantitative estimate of drug-likeness (QED) is 0.797. The molecule has 124 valence electrons. The monoisotopic (exact) mass is 319 g/mol. The molecule has 4 nitrogen and oxygen atoms in total. The van der Waals surface area contributed by atoms with Crippen molar-refractivity contribution in [1.82, 2.24) is 5.32 Å². The Balaban J connectivity index is 2.38. The Bertz CT molecular complexity index is 505. The summed E-state index contributed by atoms with van der Waals surface area (Å²) in [5.41, 5.74) is -0.500. The van der Waals surface area contributed by atoms with E-state index in [4.69, 9.17) is 0 Å². The number of halogens is 3. The Morgan fingerprint density at radius 3 is 2.73 bits per heavy atom. The average molecular weight is 319 g/mol. The molecular weight excluding hydrogens is 299 g/mol. The van der Waals surface area contributed by atoms with E-state index in [1.807, 2.05) is 6.92 Å². The summed E-state index contributed by atoms with van der Waals surface area (Å²) in [4.78, 5) is 0. The summed E-state index contributed by atoms with van der Waals surface area (Å²) in [6.07, 6.45) is -5.13. The second-order valence-electron chi connectivity index (χ2n) is 5.48. The van der Waals surface area contributed by atoms with Gasteiger partial charge in [-0.15, -0.1) is 13.2 Å². The maximum Gasteiger partial charge on any atom is 0.573 e. The van der Waals surface area contributed by atoms with Crippen LogP contribution in [0.4, 0.5) is 13.2 Å². The van der Waals surface area contributed by atoms with Gasteiger partial charge in [-0.25, -0.2) is 0 Å². The van der Waals surface area contributed by atoms with Crippen LogP contribution in [0.1, 0.15) is 31.7 Å². The maximum absolute atomic E-state index is 12.4. The van der Waals surface area contributed by atoms with Crippen LogP contribution in [-0.4, -0.2) is 35.3 Å². The number of aliphatic hydroxyl groups excluding tert-OH is 2. The van der Waals surface area contributed by atoms with Gasteiger partial charge in [0.25, 0.3) is 0 Å². The SMILES string of the molecule is CCNC1(c2cccc(OC(F)(F)F)c2)CCCC(O)C1O. The van der Waals surface area contributed by atoms with Gasteiger partial charge in [-0.05, 0) is 43.5 Å². The fourth-order valence-corrected chi connectivity index (χ4v) is 3.12. The van der Waals surface area contributed by atoms with E-state index in [2.05, 4.69) is 10.1 Å². The van der Waals surface area contributed by atoms with Crippen LogP contribution < -0.4 is 10.1 Å². The molecular formula is C15H20F3NO3. The van der Waals surface area contributed by atoms with Gasteiger partial charge in [0, 0.05) is 0 Å². The van der Waals surface area contributed by atoms with Crippen molar-refractivity contribution in [3.63, 3.8) is 0 Å². The molecule has 1 fully saturated rings. The molecule has 0 bridgehead atoms. The Labute approximate surface area is 126 Å². The molecule has 3 atom stereocenters. The zero-order valence-corrected chi connectivity index (χ0v) is 12.2. The predicted molar refractivity (Wildman–Crippen MR) is 74.3 cm³/mol. The minimum Gasteiger partial charge on any atom is -0.406 e. The fourth-order valence-electron chi connectivity index (χ4n) is 3.12. The second kappa shape index (κ2) is 6.44. The average Bonchev–Trinajstić information content (AvgIpc) is 2.42. The molecule has 0 saturated heterocycles. The van der Waals surface area contributed by atoms with Crippen molar-refractivity contribution in [3.05, 3.63) is 29.8 Å². The summed E-state index contributed by atoms with van der Waals surface area (Å²) >= 11 is 0. The van der Waals surface area contributed by atoms with Gasteiger partial charge >= 0.3 is 6.36 Å². The molecule has 0 amide bonds. The molecule has 1 aromatic rings. The molecule has 0 radical (unpaired) electrons. The third kappa shape index (κ3) is 3.53. The molecule has 1 aliphatic carbocycles. The van der Waals surface area contributed by atoms with E-state index in [1.165, 1.54) is 18.2 Å². The molecule has 3 N–H and O–H groups in total. The van der Waals surface area contributed by atoms with Crippen LogP contribution >= 0.6 is 0 Å². The first kappa shape index (κ1) is 17.1. The van der Waals surface area contributed by atoms with Crippen molar-refractivity contribution in [1.29, 1.82) is 0 Å². The van der Waals surface area contributed by atoms with Gasteiger partial charge in [0.1, 0.15) is 11.9 Å². The van der Waals surface area contributed by atoms with E-state index in [9.17, 15) is 23.4 Å². The molecule has 0 spiro atoms. The first-order chi connectivity index (χ1) is 10.3. The zero-order valence-electron chi connectivity index (χ0n) is 12.2. The minimum absolute atomic E-state index is 0.338. The highest BCUT2D eigenvalue weighted by atomic mass is 19.4.